The quantitative estimate of drug-likeness (QED) is 0.507. The maximum Gasteiger partial charge on any atom is 0.278 e. The molecular weight excluding hydrogens is 396 g/mol. The van der Waals surface area contributed by atoms with Crippen LogP contribution in [-0.2, 0) is 4.18 Å². The highest BCUT2D eigenvalue weighted by Gasteiger charge is 2.15. The summed E-state index contributed by atoms with van der Waals surface area (Å²) in [6.07, 6.45) is 4.04. The Hall–Kier alpha value is -1.84. The number of amides is 1. The Morgan fingerprint density at radius 3 is 2.96 bits per heavy atom. The van der Waals surface area contributed by atoms with Crippen LogP contribution in [0.4, 0.5) is 11.5 Å². The average Bonchev–Trinajstić information content (AvgIpc) is 2.58. The van der Waals surface area contributed by atoms with Crippen molar-refractivity contribution in [3.8, 4) is 5.75 Å². The van der Waals surface area contributed by atoms with Crippen LogP contribution < -0.4 is 15.8 Å². The van der Waals surface area contributed by atoms with Gasteiger partial charge in [-0.2, -0.15) is 0 Å². The minimum Gasteiger partial charge on any atom is -0.491 e. The summed E-state index contributed by atoms with van der Waals surface area (Å²) in [5.74, 6) is 0.169. The van der Waals surface area contributed by atoms with E-state index in [0.29, 0.717) is 29.3 Å². The first-order chi connectivity index (χ1) is 11.6. The van der Waals surface area contributed by atoms with E-state index in [4.69, 9.17) is 14.7 Å². The summed E-state index contributed by atoms with van der Waals surface area (Å²) in [6, 6.07) is 7.15. The molecule has 9 heteroatoms. The molecule has 0 aliphatic heterocycles. The predicted octanol–water partition coefficient (Wildman–Crippen LogP) is 3.14. The first-order valence-corrected chi connectivity index (χ1v) is 9.03. The highest BCUT2D eigenvalue weighted by Crippen LogP contribution is 2.25. The number of anilines is 2. The van der Waals surface area contributed by atoms with Crippen LogP contribution in [-0.4, -0.2) is 35.3 Å². The van der Waals surface area contributed by atoms with Crippen molar-refractivity contribution in [1.82, 2.24) is 9.97 Å². The zero-order valence-corrected chi connectivity index (χ0v) is 15.4. The third-order valence-corrected chi connectivity index (χ3v) is 3.65. The molecule has 1 amide bonds. The second kappa shape index (κ2) is 9.45. The molecule has 0 radical (unpaired) electrons. The molecule has 0 unspecified atom stereocenters. The smallest absolute Gasteiger partial charge is 0.278 e. The van der Waals surface area contributed by atoms with Gasteiger partial charge in [-0.1, -0.05) is 12.1 Å². The molecule has 0 fully saturated rings. The third kappa shape index (κ3) is 5.36. The van der Waals surface area contributed by atoms with Gasteiger partial charge in [0.15, 0.2) is 11.5 Å². The standard InChI is InChI=1S/C15H17BrN4O3S/c1-24-23-8-4-7-22-11-6-3-2-5-10(11)19-15(21)13-14(17)18-9-12(16)20-13/h2-3,5-6,9H,4,7-8H2,1H3,(H2,17,18)(H,19,21). The van der Waals surface area contributed by atoms with Crippen LogP contribution >= 0.6 is 28.0 Å². The van der Waals surface area contributed by atoms with Crippen LogP contribution in [0.25, 0.3) is 0 Å². The predicted molar refractivity (Wildman–Crippen MR) is 98.1 cm³/mol. The molecular formula is C15H17BrN4O3S. The number of hydrogen-bond donors (Lipinski definition) is 2. The number of rotatable bonds is 8. The average molecular weight is 413 g/mol. The first kappa shape index (κ1) is 18.5. The van der Waals surface area contributed by atoms with Crippen molar-refractivity contribution in [2.75, 3.05) is 30.5 Å². The van der Waals surface area contributed by atoms with Crippen molar-refractivity contribution in [1.29, 1.82) is 0 Å². The fraction of sp³-hybridized carbons (Fsp3) is 0.267. The Balaban J connectivity index is 2.04. The lowest BCUT2D eigenvalue weighted by Gasteiger charge is -2.12. The molecule has 0 saturated carbocycles. The monoisotopic (exact) mass is 412 g/mol. The number of nitrogens with one attached hydrogen (secondary N) is 1. The maximum atomic E-state index is 12.4. The highest BCUT2D eigenvalue weighted by atomic mass is 79.9. The van der Waals surface area contributed by atoms with Crippen LogP contribution in [0.15, 0.2) is 35.1 Å². The number of ether oxygens (including phenoxy) is 1. The Morgan fingerprint density at radius 2 is 2.17 bits per heavy atom. The third-order valence-electron chi connectivity index (χ3n) is 2.87. The van der Waals surface area contributed by atoms with E-state index < -0.39 is 5.91 Å². The number of nitrogens with two attached hydrogens (primary N) is 1. The Labute approximate surface area is 152 Å². The number of nitrogens with zero attached hydrogens (tertiary/aromatic N) is 2. The van der Waals surface area contributed by atoms with Gasteiger partial charge >= 0.3 is 0 Å². The van der Waals surface area contributed by atoms with Gasteiger partial charge in [0.05, 0.1) is 25.1 Å². The molecule has 0 saturated heterocycles. The van der Waals surface area contributed by atoms with Crippen LogP contribution in [0.5, 0.6) is 5.75 Å². The van der Waals surface area contributed by atoms with E-state index in [2.05, 4.69) is 31.2 Å². The summed E-state index contributed by atoms with van der Waals surface area (Å²) in [5.41, 5.74) is 6.29. The fourth-order valence-corrected chi connectivity index (χ4v) is 2.37. The molecule has 2 rings (SSSR count). The number of carbonyl (C=O) groups excluding carboxylic acids is 1. The number of hydrogen-bond acceptors (Lipinski definition) is 7. The summed E-state index contributed by atoms with van der Waals surface area (Å²) in [7, 11) is 0. The van der Waals surface area contributed by atoms with Gasteiger partial charge < -0.3 is 20.0 Å². The van der Waals surface area contributed by atoms with Crippen LogP contribution in [0.1, 0.15) is 16.9 Å². The second-order valence-corrected chi connectivity index (χ2v) is 5.95. The normalized spacial score (nSPS) is 10.4. The zero-order valence-electron chi connectivity index (χ0n) is 13.0. The molecule has 128 valence electrons. The summed E-state index contributed by atoms with van der Waals surface area (Å²) >= 11 is 4.49. The lowest BCUT2D eigenvalue weighted by Crippen LogP contribution is -2.17. The number of aromatic nitrogens is 2. The van der Waals surface area contributed by atoms with Crippen molar-refractivity contribution in [2.45, 2.75) is 6.42 Å². The van der Waals surface area contributed by atoms with E-state index in [1.54, 1.807) is 18.2 Å². The van der Waals surface area contributed by atoms with Crippen LogP contribution in [0.3, 0.4) is 0 Å². The molecule has 24 heavy (non-hydrogen) atoms. The Morgan fingerprint density at radius 1 is 1.38 bits per heavy atom. The van der Waals surface area contributed by atoms with E-state index in [1.807, 2.05) is 12.3 Å². The van der Waals surface area contributed by atoms with Gasteiger partial charge in [0.25, 0.3) is 5.91 Å². The Kier molecular flexibility index (Phi) is 7.29. The lowest BCUT2D eigenvalue weighted by atomic mass is 10.2. The second-order valence-electron chi connectivity index (χ2n) is 4.57. The number of nitrogen functional groups attached to an aromatic ring is 1. The van der Waals surface area contributed by atoms with Crippen molar-refractivity contribution in [3.05, 3.63) is 40.8 Å². The number of carbonyl (C=O) groups is 1. The van der Waals surface area contributed by atoms with Gasteiger partial charge in [-0.25, -0.2) is 9.97 Å². The summed E-state index contributed by atoms with van der Waals surface area (Å²) in [6.45, 7) is 1.08. The molecule has 1 heterocycles. The fourth-order valence-electron chi connectivity index (χ4n) is 1.80. The van der Waals surface area contributed by atoms with E-state index in [1.165, 1.54) is 18.2 Å². The molecule has 0 atom stereocenters. The van der Waals surface area contributed by atoms with Crippen LogP contribution in [0, 0.1) is 0 Å². The Bertz CT molecular complexity index is 702. The van der Waals surface area contributed by atoms with Crippen molar-refractivity contribution in [3.63, 3.8) is 0 Å². The van der Waals surface area contributed by atoms with E-state index in [-0.39, 0.29) is 11.5 Å². The van der Waals surface area contributed by atoms with Crippen molar-refractivity contribution < 1.29 is 13.7 Å². The number of benzene rings is 1. The molecule has 1 aromatic heterocycles. The highest BCUT2D eigenvalue weighted by molar-refractivity contribution is 9.10. The number of halogens is 1. The molecule has 0 aliphatic carbocycles. The molecule has 3 N–H and O–H groups in total. The van der Waals surface area contributed by atoms with E-state index in [9.17, 15) is 4.79 Å². The number of para-hydroxylation sites is 2. The van der Waals surface area contributed by atoms with Crippen LogP contribution in [0.2, 0.25) is 0 Å². The summed E-state index contributed by atoms with van der Waals surface area (Å²) < 4.78 is 11.3. The van der Waals surface area contributed by atoms with Gasteiger partial charge in [-0.3, -0.25) is 4.79 Å². The lowest BCUT2D eigenvalue weighted by molar-refractivity contribution is 0.102. The minimum atomic E-state index is -0.455. The maximum absolute atomic E-state index is 12.4. The molecule has 2 aromatic rings. The summed E-state index contributed by atoms with van der Waals surface area (Å²) in [4.78, 5) is 20.3. The molecule has 7 nitrogen and oxygen atoms in total. The largest absolute Gasteiger partial charge is 0.491 e. The molecule has 1 aromatic carbocycles. The zero-order chi connectivity index (χ0) is 17.4. The van der Waals surface area contributed by atoms with Gasteiger partial charge in [0.2, 0.25) is 0 Å². The molecule has 0 aliphatic rings. The minimum absolute atomic E-state index is 0.0487. The molecule has 0 spiro atoms. The van der Waals surface area contributed by atoms with Gasteiger partial charge in [-0.15, -0.1) is 0 Å². The molecule has 0 bridgehead atoms. The topological polar surface area (TPSA) is 99.4 Å². The van der Waals surface area contributed by atoms with Gasteiger partial charge in [0.1, 0.15) is 10.4 Å². The first-order valence-electron chi connectivity index (χ1n) is 7.08. The van der Waals surface area contributed by atoms with Crippen molar-refractivity contribution in [2.24, 2.45) is 0 Å². The van der Waals surface area contributed by atoms with E-state index in [0.717, 1.165) is 6.42 Å². The van der Waals surface area contributed by atoms with Gasteiger partial charge in [-0.05, 0) is 40.1 Å². The SMILES string of the molecule is CSOCCCOc1ccccc1NC(=O)c1nc(Br)cnc1N. The van der Waals surface area contributed by atoms with E-state index >= 15 is 0 Å². The summed E-state index contributed by atoms with van der Waals surface area (Å²) in [5, 5.41) is 2.74. The van der Waals surface area contributed by atoms with Crippen molar-refractivity contribution >= 4 is 45.4 Å². The van der Waals surface area contributed by atoms with Gasteiger partial charge in [0, 0.05) is 12.7 Å².